The fourth-order valence-electron chi connectivity index (χ4n) is 0.765. The second-order valence-corrected chi connectivity index (χ2v) is 3.23. The minimum atomic E-state index is -0.0376. The molecule has 0 amide bonds. The second kappa shape index (κ2) is 1.97. The van der Waals surface area contributed by atoms with Crippen molar-refractivity contribution in [1.29, 1.82) is 0 Å². The number of hydrogen-bond acceptors (Lipinski definition) is 4. The van der Waals surface area contributed by atoms with Crippen LogP contribution in [-0.2, 0) is 0 Å². The Bertz CT molecular complexity index is 177. The van der Waals surface area contributed by atoms with Crippen LogP contribution in [0.3, 0.4) is 0 Å². The van der Waals surface area contributed by atoms with Gasteiger partial charge in [-0.3, -0.25) is 0 Å². The number of hydrogen-bond donors (Lipinski definition) is 1. The molecule has 0 atom stereocenters. The SMILES string of the molecule is C=C1NN=NN1C(C)(C)C. The van der Waals surface area contributed by atoms with Gasteiger partial charge in [-0.2, -0.15) is 0 Å². The lowest BCUT2D eigenvalue weighted by molar-refractivity contribution is 0.196. The summed E-state index contributed by atoms with van der Waals surface area (Å²) in [6.45, 7) is 9.87. The molecule has 0 spiro atoms. The topological polar surface area (TPSA) is 40.0 Å². The van der Waals surface area contributed by atoms with E-state index in [1.165, 1.54) is 0 Å². The van der Waals surface area contributed by atoms with E-state index in [2.05, 4.69) is 22.5 Å². The van der Waals surface area contributed by atoms with Crippen LogP contribution in [0.15, 0.2) is 22.8 Å². The zero-order chi connectivity index (χ0) is 7.78. The Kier molecular flexibility index (Phi) is 1.39. The minimum Gasteiger partial charge on any atom is -0.242 e. The van der Waals surface area contributed by atoms with Crippen LogP contribution in [0.25, 0.3) is 0 Å². The smallest absolute Gasteiger partial charge is 0.139 e. The molecule has 4 heteroatoms. The minimum absolute atomic E-state index is 0.0376. The Morgan fingerprint density at radius 3 is 2.30 bits per heavy atom. The third-order valence-corrected chi connectivity index (χ3v) is 1.20. The monoisotopic (exact) mass is 140 g/mol. The summed E-state index contributed by atoms with van der Waals surface area (Å²) in [5.74, 6) is 0.729. The molecule has 0 radical (unpaired) electrons. The van der Waals surface area contributed by atoms with E-state index in [1.807, 2.05) is 20.8 Å². The lowest BCUT2D eigenvalue weighted by Gasteiger charge is -2.27. The Morgan fingerprint density at radius 1 is 1.50 bits per heavy atom. The molecular formula is C6H12N4. The van der Waals surface area contributed by atoms with Crippen molar-refractivity contribution < 1.29 is 0 Å². The molecule has 56 valence electrons. The van der Waals surface area contributed by atoms with Crippen molar-refractivity contribution in [2.75, 3.05) is 0 Å². The van der Waals surface area contributed by atoms with Crippen LogP contribution in [0, 0.1) is 0 Å². The van der Waals surface area contributed by atoms with Crippen LogP contribution in [0.4, 0.5) is 0 Å². The number of nitrogens with zero attached hydrogens (tertiary/aromatic N) is 3. The van der Waals surface area contributed by atoms with Gasteiger partial charge in [0.15, 0.2) is 0 Å². The zero-order valence-corrected chi connectivity index (χ0v) is 6.55. The molecule has 0 saturated carbocycles. The average Bonchev–Trinajstić information content (AvgIpc) is 2.11. The van der Waals surface area contributed by atoms with Gasteiger partial charge in [0.25, 0.3) is 0 Å². The summed E-state index contributed by atoms with van der Waals surface area (Å²) in [7, 11) is 0. The molecule has 0 bridgehead atoms. The highest BCUT2D eigenvalue weighted by Crippen LogP contribution is 2.20. The van der Waals surface area contributed by atoms with Crippen molar-refractivity contribution in [3.05, 3.63) is 12.4 Å². The summed E-state index contributed by atoms with van der Waals surface area (Å²) in [5, 5.41) is 9.19. The summed E-state index contributed by atoms with van der Waals surface area (Å²) in [4.78, 5) is 0. The molecule has 0 aromatic heterocycles. The van der Waals surface area contributed by atoms with Gasteiger partial charge in [0.2, 0.25) is 0 Å². The maximum Gasteiger partial charge on any atom is 0.139 e. The van der Waals surface area contributed by atoms with Crippen molar-refractivity contribution in [2.24, 2.45) is 10.4 Å². The predicted octanol–water partition coefficient (Wildman–Crippen LogP) is 1.44. The van der Waals surface area contributed by atoms with Crippen molar-refractivity contribution >= 4 is 0 Å². The van der Waals surface area contributed by atoms with Crippen LogP contribution < -0.4 is 5.43 Å². The van der Waals surface area contributed by atoms with Crippen LogP contribution in [0.5, 0.6) is 0 Å². The summed E-state index contributed by atoms with van der Waals surface area (Å²) < 4.78 is 0. The molecule has 0 fully saturated rings. The highest BCUT2D eigenvalue weighted by Gasteiger charge is 2.25. The third-order valence-electron chi connectivity index (χ3n) is 1.20. The number of rotatable bonds is 0. The summed E-state index contributed by atoms with van der Waals surface area (Å²) >= 11 is 0. The first kappa shape index (κ1) is 7.05. The van der Waals surface area contributed by atoms with Gasteiger partial charge in [0, 0.05) is 0 Å². The Labute approximate surface area is 60.6 Å². The molecule has 4 nitrogen and oxygen atoms in total. The van der Waals surface area contributed by atoms with E-state index in [9.17, 15) is 0 Å². The van der Waals surface area contributed by atoms with Gasteiger partial charge in [0.05, 0.1) is 5.54 Å². The zero-order valence-electron chi connectivity index (χ0n) is 6.55. The molecule has 0 unspecified atom stereocenters. The first-order chi connectivity index (χ1) is 4.52. The van der Waals surface area contributed by atoms with Crippen LogP contribution in [0.2, 0.25) is 0 Å². The molecule has 1 heterocycles. The van der Waals surface area contributed by atoms with Crippen LogP contribution in [-0.4, -0.2) is 10.5 Å². The van der Waals surface area contributed by atoms with E-state index in [0.29, 0.717) is 0 Å². The Balaban J connectivity index is 2.73. The molecular weight excluding hydrogens is 128 g/mol. The van der Waals surface area contributed by atoms with E-state index in [4.69, 9.17) is 0 Å². The lowest BCUT2D eigenvalue weighted by Crippen LogP contribution is -2.35. The predicted molar refractivity (Wildman–Crippen MR) is 38.7 cm³/mol. The average molecular weight is 140 g/mol. The van der Waals surface area contributed by atoms with Crippen molar-refractivity contribution in [3.63, 3.8) is 0 Å². The number of nitrogens with one attached hydrogen (secondary N) is 1. The van der Waals surface area contributed by atoms with Gasteiger partial charge in [-0.05, 0) is 31.2 Å². The molecule has 1 N–H and O–H groups in total. The van der Waals surface area contributed by atoms with E-state index in [0.717, 1.165) is 5.82 Å². The van der Waals surface area contributed by atoms with E-state index in [1.54, 1.807) is 5.01 Å². The molecule has 0 aromatic carbocycles. The van der Waals surface area contributed by atoms with Crippen LogP contribution >= 0.6 is 0 Å². The van der Waals surface area contributed by atoms with Crippen molar-refractivity contribution in [2.45, 2.75) is 26.3 Å². The first-order valence-corrected chi connectivity index (χ1v) is 3.17. The fraction of sp³-hybridized carbons (Fsp3) is 0.667. The molecule has 0 aromatic rings. The Morgan fingerprint density at radius 2 is 2.10 bits per heavy atom. The first-order valence-electron chi connectivity index (χ1n) is 3.17. The Hall–Kier alpha value is -1.06. The standard InChI is InChI=1S/C6H12N4/c1-5-7-8-9-10(5)6(2,3)4/h1H2,2-4H3,(H,7,9). The fourth-order valence-corrected chi connectivity index (χ4v) is 0.765. The summed E-state index contributed by atoms with van der Waals surface area (Å²) in [5.41, 5.74) is 2.63. The van der Waals surface area contributed by atoms with E-state index >= 15 is 0 Å². The molecule has 1 aliphatic heterocycles. The molecule has 0 aliphatic carbocycles. The van der Waals surface area contributed by atoms with Crippen LogP contribution in [0.1, 0.15) is 20.8 Å². The normalized spacial score (nSPS) is 17.9. The van der Waals surface area contributed by atoms with Gasteiger partial charge in [-0.25, -0.2) is 10.4 Å². The highest BCUT2D eigenvalue weighted by atomic mass is 15.7. The van der Waals surface area contributed by atoms with Gasteiger partial charge < -0.3 is 0 Å². The van der Waals surface area contributed by atoms with Crippen molar-refractivity contribution in [1.82, 2.24) is 10.4 Å². The quantitative estimate of drug-likeness (QED) is 0.553. The van der Waals surface area contributed by atoms with Gasteiger partial charge in [0.1, 0.15) is 5.82 Å². The third kappa shape index (κ3) is 1.10. The molecule has 10 heavy (non-hydrogen) atoms. The van der Waals surface area contributed by atoms with E-state index < -0.39 is 0 Å². The largest absolute Gasteiger partial charge is 0.242 e. The van der Waals surface area contributed by atoms with Gasteiger partial charge >= 0.3 is 0 Å². The lowest BCUT2D eigenvalue weighted by atomic mass is 10.1. The second-order valence-electron chi connectivity index (χ2n) is 3.23. The van der Waals surface area contributed by atoms with E-state index in [-0.39, 0.29) is 5.54 Å². The maximum absolute atomic E-state index is 3.84. The highest BCUT2D eigenvalue weighted by molar-refractivity contribution is 4.95. The van der Waals surface area contributed by atoms with Gasteiger partial charge in [-0.1, -0.05) is 6.58 Å². The maximum atomic E-state index is 3.84. The van der Waals surface area contributed by atoms with Gasteiger partial charge in [-0.15, -0.1) is 0 Å². The molecule has 1 rings (SSSR count). The molecule has 1 aliphatic rings. The summed E-state index contributed by atoms with van der Waals surface area (Å²) in [6, 6.07) is 0. The molecule has 0 saturated heterocycles. The van der Waals surface area contributed by atoms with Crippen molar-refractivity contribution in [3.8, 4) is 0 Å². The summed E-state index contributed by atoms with van der Waals surface area (Å²) in [6.07, 6.45) is 0.